The van der Waals surface area contributed by atoms with Gasteiger partial charge in [-0.05, 0) is 12.1 Å². The monoisotopic (exact) mass is 201 g/mol. The molecule has 0 aliphatic heterocycles. The van der Waals surface area contributed by atoms with Crippen LogP contribution in [0.2, 0.25) is 0 Å². The van der Waals surface area contributed by atoms with Gasteiger partial charge in [-0.2, -0.15) is 0 Å². The average molecular weight is 202 g/mol. The van der Waals surface area contributed by atoms with Gasteiger partial charge in [0.25, 0.3) is 0 Å². The SMILES string of the molecule is CN(C)c1ccc(C(N)=O)cn1.Cl. The first-order valence-corrected chi connectivity index (χ1v) is 3.54. The molecule has 1 heterocycles. The first-order chi connectivity index (χ1) is 5.61. The molecule has 5 heteroatoms. The molecule has 1 rings (SSSR count). The fourth-order valence-corrected chi connectivity index (χ4v) is 0.796. The van der Waals surface area contributed by atoms with Gasteiger partial charge in [-0.15, -0.1) is 12.4 Å². The van der Waals surface area contributed by atoms with E-state index in [1.54, 1.807) is 12.1 Å². The van der Waals surface area contributed by atoms with Crippen molar-refractivity contribution >= 4 is 24.1 Å². The Hall–Kier alpha value is -1.29. The van der Waals surface area contributed by atoms with Gasteiger partial charge < -0.3 is 10.6 Å². The van der Waals surface area contributed by atoms with Crippen molar-refractivity contribution in [2.24, 2.45) is 5.73 Å². The number of hydrogen-bond donors (Lipinski definition) is 1. The van der Waals surface area contributed by atoms with Crippen LogP contribution in [0.25, 0.3) is 0 Å². The van der Waals surface area contributed by atoms with E-state index >= 15 is 0 Å². The van der Waals surface area contributed by atoms with Gasteiger partial charge in [0.2, 0.25) is 5.91 Å². The molecule has 72 valence electrons. The smallest absolute Gasteiger partial charge is 0.250 e. The molecule has 0 saturated carbocycles. The molecule has 13 heavy (non-hydrogen) atoms. The lowest BCUT2D eigenvalue weighted by molar-refractivity contribution is 0.1000. The highest BCUT2D eigenvalue weighted by atomic mass is 35.5. The van der Waals surface area contributed by atoms with Crippen LogP contribution < -0.4 is 10.6 Å². The second kappa shape index (κ2) is 4.67. The molecular formula is C8H12ClN3O. The number of rotatable bonds is 2. The Morgan fingerprint density at radius 2 is 2.08 bits per heavy atom. The van der Waals surface area contributed by atoms with E-state index in [2.05, 4.69) is 4.98 Å². The Bertz CT molecular complexity index is 284. The standard InChI is InChI=1S/C8H11N3O.ClH/c1-11(2)7-4-3-6(5-10-7)8(9)12;/h3-5H,1-2H3,(H2,9,12);1H. The molecule has 0 bridgehead atoms. The summed E-state index contributed by atoms with van der Waals surface area (Å²) in [4.78, 5) is 16.5. The first-order valence-electron chi connectivity index (χ1n) is 3.54. The average Bonchev–Trinajstić information content (AvgIpc) is 2.04. The van der Waals surface area contributed by atoms with E-state index < -0.39 is 5.91 Å². The van der Waals surface area contributed by atoms with Crippen molar-refractivity contribution < 1.29 is 4.79 Å². The summed E-state index contributed by atoms with van der Waals surface area (Å²) >= 11 is 0. The van der Waals surface area contributed by atoms with Crippen LogP contribution in [0.5, 0.6) is 0 Å². The molecule has 1 aromatic heterocycles. The number of carbonyl (C=O) groups excluding carboxylic acids is 1. The van der Waals surface area contributed by atoms with Crippen LogP contribution in [0.1, 0.15) is 10.4 Å². The third-order valence-electron chi connectivity index (χ3n) is 1.49. The van der Waals surface area contributed by atoms with Crippen molar-refractivity contribution in [2.45, 2.75) is 0 Å². The van der Waals surface area contributed by atoms with Crippen LogP contribution >= 0.6 is 12.4 Å². The largest absolute Gasteiger partial charge is 0.366 e. The Labute approximate surface area is 83.2 Å². The number of aromatic nitrogens is 1. The lowest BCUT2D eigenvalue weighted by Crippen LogP contribution is -2.14. The molecule has 1 aromatic rings. The number of primary amides is 1. The van der Waals surface area contributed by atoms with Gasteiger partial charge >= 0.3 is 0 Å². The second-order valence-corrected chi connectivity index (χ2v) is 2.66. The zero-order valence-electron chi connectivity index (χ0n) is 7.52. The highest BCUT2D eigenvalue weighted by Crippen LogP contribution is 2.06. The molecule has 0 radical (unpaired) electrons. The minimum Gasteiger partial charge on any atom is -0.366 e. The van der Waals surface area contributed by atoms with E-state index in [1.165, 1.54) is 6.20 Å². The Balaban J connectivity index is 0.00000144. The zero-order chi connectivity index (χ0) is 9.14. The van der Waals surface area contributed by atoms with Crippen LogP contribution in [0.3, 0.4) is 0 Å². The van der Waals surface area contributed by atoms with Crippen LogP contribution in [0.15, 0.2) is 18.3 Å². The van der Waals surface area contributed by atoms with Crippen LogP contribution in [-0.2, 0) is 0 Å². The van der Waals surface area contributed by atoms with E-state index in [9.17, 15) is 4.79 Å². The maximum absolute atomic E-state index is 10.7. The molecule has 2 N–H and O–H groups in total. The molecule has 0 fully saturated rings. The lowest BCUT2D eigenvalue weighted by atomic mass is 10.3. The van der Waals surface area contributed by atoms with E-state index in [0.29, 0.717) is 5.56 Å². The van der Waals surface area contributed by atoms with E-state index in [-0.39, 0.29) is 12.4 Å². The molecule has 4 nitrogen and oxygen atoms in total. The normalized spacial score (nSPS) is 8.77. The minimum atomic E-state index is -0.451. The number of pyridine rings is 1. The fourth-order valence-electron chi connectivity index (χ4n) is 0.796. The van der Waals surface area contributed by atoms with Crippen molar-refractivity contribution in [3.8, 4) is 0 Å². The van der Waals surface area contributed by atoms with Gasteiger partial charge in [0, 0.05) is 20.3 Å². The number of halogens is 1. The molecule has 0 unspecified atom stereocenters. The Morgan fingerprint density at radius 3 is 2.38 bits per heavy atom. The number of amides is 1. The molecule has 0 aliphatic rings. The van der Waals surface area contributed by atoms with Gasteiger partial charge in [-0.25, -0.2) is 4.98 Å². The maximum Gasteiger partial charge on any atom is 0.250 e. The highest BCUT2D eigenvalue weighted by molar-refractivity contribution is 5.92. The number of nitrogens with two attached hydrogens (primary N) is 1. The molecule has 1 amide bonds. The van der Waals surface area contributed by atoms with Crippen molar-refractivity contribution in [1.29, 1.82) is 0 Å². The lowest BCUT2D eigenvalue weighted by Gasteiger charge is -2.10. The number of anilines is 1. The van der Waals surface area contributed by atoms with Crippen molar-refractivity contribution in [3.05, 3.63) is 23.9 Å². The summed E-state index contributed by atoms with van der Waals surface area (Å²) in [6.45, 7) is 0. The van der Waals surface area contributed by atoms with E-state index in [0.717, 1.165) is 5.82 Å². The van der Waals surface area contributed by atoms with Crippen LogP contribution in [0, 0.1) is 0 Å². The first kappa shape index (κ1) is 11.7. The number of carbonyl (C=O) groups is 1. The summed E-state index contributed by atoms with van der Waals surface area (Å²) in [6, 6.07) is 3.41. The zero-order valence-corrected chi connectivity index (χ0v) is 8.34. The molecule has 0 aliphatic carbocycles. The van der Waals surface area contributed by atoms with Gasteiger partial charge in [0.1, 0.15) is 5.82 Å². The molecule has 0 atom stereocenters. The van der Waals surface area contributed by atoms with E-state index in [4.69, 9.17) is 5.73 Å². The summed E-state index contributed by atoms with van der Waals surface area (Å²) in [5, 5.41) is 0. The van der Waals surface area contributed by atoms with Gasteiger partial charge in [-0.3, -0.25) is 4.79 Å². The molecule has 0 aromatic carbocycles. The van der Waals surface area contributed by atoms with Crippen molar-refractivity contribution in [1.82, 2.24) is 4.98 Å². The molecule has 0 saturated heterocycles. The van der Waals surface area contributed by atoms with Crippen molar-refractivity contribution in [3.63, 3.8) is 0 Å². The van der Waals surface area contributed by atoms with Gasteiger partial charge in [0.05, 0.1) is 5.56 Å². The third kappa shape index (κ3) is 2.91. The second-order valence-electron chi connectivity index (χ2n) is 2.66. The minimum absolute atomic E-state index is 0. The summed E-state index contributed by atoms with van der Waals surface area (Å²) in [7, 11) is 3.76. The predicted octanol–water partition coefficient (Wildman–Crippen LogP) is 0.668. The fraction of sp³-hybridized carbons (Fsp3) is 0.250. The van der Waals surface area contributed by atoms with Gasteiger partial charge in [0.15, 0.2) is 0 Å². The molecule has 0 spiro atoms. The quantitative estimate of drug-likeness (QED) is 0.765. The summed E-state index contributed by atoms with van der Waals surface area (Å²) in [5.74, 6) is 0.354. The van der Waals surface area contributed by atoms with Crippen molar-refractivity contribution in [2.75, 3.05) is 19.0 Å². The van der Waals surface area contributed by atoms with Crippen LogP contribution in [0.4, 0.5) is 5.82 Å². The summed E-state index contributed by atoms with van der Waals surface area (Å²) in [6.07, 6.45) is 1.47. The predicted molar refractivity (Wildman–Crippen MR) is 54.3 cm³/mol. The summed E-state index contributed by atoms with van der Waals surface area (Å²) in [5.41, 5.74) is 5.48. The van der Waals surface area contributed by atoms with Crippen LogP contribution in [-0.4, -0.2) is 25.0 Å². The number of hydrogen-bond acceptors (Lipinski definition) is 3. The number of nitrogens with zero attached hydrogens (tertiary/aromatic N) is 2. The highest BCUT2D eigenvalue weighted by Gasteiger charge is 2.00. The third-order valence-corrected chi connectivity index (χ3v) is 1.49. The Morgan fingerprint density at radius 1 is 1.46 bits per heavy atom. The van der Waals surface area contributed by atoms with Gasteiger partial charge in [-0.1, -0.05) is 0 Å². The Kier molecular flexibility index (Phi) is 4.20. The topological polar surface area (TPSA) is 59.2 Å². The maximum atomic E-state index is 10.7. The molecular weight excluding hydrogens is 190 g/mol. The summed E-state index contributed by atoms with van der Waals surface area (Å²) < 4.78 is 0. The van der Waals surface area contributed by atoms with E-state index in [1.807, 2.05) is 19.0 Å².